The molecule has 0 aliphatic rings. The number of halogens is 1. The van der Waals surface area contributed by atoms with Crippen LogP contribution in [0.15, 0.2) is 48.5 Å². The molecule has 25 heavy (non-hydrogen) atoms. The van der Waals surface area contributed by atoms with Crippen LogP contribution in [0.3, 0.4) is 0 Å². The van der Waals surface area contributed by atoms with Crippen LogP contribution < -0.4 is 10.6 Å². The second-order valence-electron chi connectivity index (χ2n) is 6.09. The van der Waals surface area contributed by atoms with Crippen LogP contribution in [0, 0.1) is 20.8 Å². The maximum Gasteiger partial charge on any atom is 0.229 e. The van der Waals surface area contributed by atoms with Crippen molar-refractivity contribution in [2.75, 3.05) is 10.6 Å². The van der Waals surface area contributed by atoms with Gasteiger partial charge in [0.05, 0.1) is 0 Å². The summed E-state index contributed by atoms with van der Waals surface area (Å²) in [5.74, 6) is 1.34. The van der Waals surface area contributed by atoms with Gasteiger partial charge in [0, 0.05) is 29.0 Å². The van der Waals surface area contributed by atoms with E-state index in [0.29, 0.717) is 5.95 Å². The van der Waals surface area contributed by atoms with Crippen LogP contribution in [0.1, 0.15) is 22.4 Å². The second-order valence-corrected chi connectivity index (χ2v) is 6.49. The van der Waals surface area contributed by atoms with Gasteiger partial charge in [-0.15, -0.1) is 0 Å². The van der Waals surface area contributed by atoms with E-state index in [4.69, 9.17) is 11.6 Å². The fourth-order valence-electron chi connectivity index (χ4n) is 2.51. The molecule has 0 spiro atoms. The standard InChI is InChI=1S/C20H21ClN4/c1-13-6-4-5-7-16(13)12-22-19-10-15(3)23-20(25-19)24-17-9-8-14(2)18(21)11-17/h4-11H,12H2,1-3H3,(H2,22,23,24,25). The molecule has 0 aliphatic carbocycles. The molecular formula is C20H21ClN4. The van der Waals surface area contributed by atoms with Crippen LogP contribution in [0.25, 0.3) is 0 Å². The number of hydrogen-bond acceptors (Lipinski definition) is 4. The van der Waals surface area contributed by atoms with Crippen molar-refractivity contribution < 1.29 is 0 Å². The highest BCUT2D eigenvalue weighted by Crippen LogP contribution is 2.22. The minimum atomic E-state index is 0.548. The first kappa shape index (κ1) is 17.2. The second kappa shape index (κ2) is 7.53. The van der Waals surface area contributed by atoms with E-state index in [2.05, 4.69) is 39.7 Å². The van der Waals surface area contributed by atoms with Crippen LogP contribution in [-0.2, 0) is 6.54 Å². The molecule has 4 nitrogen and oxygen atoms in total. The lowest BCUT2D eigenvalue weighted by atomic mass is 10.1. The van der Waals surface area contributed by atoms with Gasteiger partial charge < -0.3 is 10.6 Å². The average molecular weight is 353 g/mol. The molecule has 0 bridgehead atoms. The van der Waals surface area contributed by atoms with Crippen molar-refractivity contribution in [3.63, 3.8) is 0 Å². The molecule has 2 N–H and O–H groups in total. The molecule has 0 saturated carbocycles. The Morgan fingerprint density at radius 2 is 1.72 bits per heavy atom. The number of benzene rings is 2. The van der Waals surface area contributed by atoms with E-state index in [1.807, 2.05) is 50.2 Å². The summed E-state index contributed by atoms with van der Waals surface area (Å²) < 4.78 is 0. The van der Waals surface area contributed by atoms with Crippen LogP contribution >= 0.6 is 11.6 Å². The van der Waals surface area contributed by atoms with Gasteiger partial charge in [0.1, 0.15) is 5.82 Å². The molecule has 0 unspecified atom stereocenters. The van der Waals surface area contributed by atoms with E-state index in [1.165, 1.54) is 11.1 Å². The summed E-state index contributed by atoms with van der Waals surface area (Å²) in [6.07, 6.45) is 0. The van der Waals surface area contributed by atoms with Gasteiger partial charge in [0.25, 0.3) is 0 Å². The van der Waals surface area contributed by atoms with Crippen LogP contribution in [0.4, 0.5) is 17.5 Å². The molecule has 0 aliphatic heterocycles. The fraction of sp³-hybridized carbons (Fsp3) is 0.200. The Morgan fingerprint density at radius 3 is 2.48 bits per heavy atom. The summed E-state index contributed by atoms with van der Waals surface area (Å²) in [6, 6.07) is 16.1. The maximum atomic E-state index is 6.18. The first-order valence-corrected chi connectivity index (χ1v) is 8.56. The molecule has 0 atom stereocenters. The lowest BCUT2D eigenvalue weighted by Gasteiger charge is -2.11. The Balaban J connectivity index is 1.76. The minimum absolute atomic E-state index is 0.548. The Bertz CT molecular complexity index is 893. The highest BCUT2D eigenvalue weighted by atomic mass is 35.5. The zero-order valence-electron chi connectivity index (χ0n) is 14.6. The van der Waals surface area contributed by atoms with E-state index < -0.39 is 0 Å². The SMILES string of the molecule is Cc1cc(NCc2ccccc2C)nc(Nc2ccc(C)c(Cl)c2)n1. The molecule has 2 aromatic carbocycles. The van der Waals surface area contributed by atoms with Crippen molar-refractivity contribution in [2.45, 2.75) is 27.3 Å². The summed E-state index contributed by atoms with van der Waals surface area (Å²) in [6.45, 7) is 6.76. The molecule has 1 aromatic heterocycles. The van der Waals surface area contributed by atoms with Gasteiger partial charge >= 0.3 is 0 Å². The summed E-state index contributed by atoms with van der Waals surface area (Å²) >= 11 is 6.18. The van der Waals surface area contributed by atoms with Crippen molar-refractivity contribution >= 4 is 29.1 Å². The first-order chi connectivity index (χ1) is 12.0. The smallest absolute Gasteiger partial charge is 0.229 e. The molecule has 0 amide bonds. The third-order valence-corrected chi connectivity index (χ3v) is 4.41. The van der Waals surface area contributed by atoms with Crippen molar-refractivity contribution in [1.29, 1.82) is 0 Å². The molecule has 128 valence electrons. The van der Waals surface area contributed by atoms with Crippen molar-refractivity contribution in [1.82, 2.24) is 9.97 Å². The normalized spacial score (nSPS) is 10.6. The van der Waals surface area contributed by atoms with Gasteiger partial charge in [-0.1, -0.05) is 41.9 Å². The maximum absolute atomic E-state index is 6.18. The molecule has 0 saturated heterocycles. The third-order valence-electron chi connectivity index (χ3n) is 4.00. The van der Waals surface area contributed by atoms with Gasteiger partial charge in [-0.25, -0.2) is 4.98 Å². The Morgan fingerprint density at radius 1 is 0.920 bits per heavy atom. The van der Waals surface area contributed by atoms with Crippen molar-refractivity contribution in [3.8, 4) is 0 Å². The minimum Gasteiger partial charge on any atom is -0.366 e. The van der Waals surface area contributed by atoms with E-state index in [-0.39, 0.29) is 0 Å². The fourth-order valence-corrected chi connectivity index (χ4v) is 2.69. The van der Waals surface area contributed by atoms with E-state index >= 15 is 0 Å². The zero-order chi connectivity index (χ0) is 17.8. The highest BCUT2D eigenvalue weighted by Gasteiger charge is 2.05. The van der Waals surface area contributed by atoms with Crippen LogP contribution in [0.5, 0.6) is 0 Å². The quantitative estimate of drug-likeness (QED) is 0.644. The predicted molar refractivity (Wildman–Crippen MR) is 105 cm³/mol. The zero-order valence-corrected chi connectivity index (χ0v) is 15.4. The number of anilines is 3. The largest absolute Gasteiger partial charge is 0.366 e. The Hall–Kier alpha value is -2.59. The van der Waals surface area contributed by atoms with Crippen molar-refractivity contribution in [3.05, 3.63) is 75.9 Å². The average Bonchev–Trinajstić information content (AvgIpc) is 2.57. The molecule has 0 fully saturated rings. The predicted octanol–water partition coefficient (Wildman–Crippen LogP) is 5.41. The molecular weight excluding hydrogens is 332 g/mol. The Labute approximate surface area is 153 Å². The van der Waals surface area contributed by atoms with Crippen LogP contribution in [-0.4, -0.2) is 9.97 Å². The van der Waals surface area contributed by atoms with Gasteiger partial charge in [-0.05, 0) is 49.6 Å². The highest BCUT2D eigenvalue weighted by molar-refractivity contribution is 6.31. The van der Waals surface area contributed by atoms with Crippen molar-refractivity contribution in [2.24, 2.45) is 0 Å². The van der Waals surface area contributed by atoms with Gasteiger partial charge in [0.15, 0.2) is 0 Å². The monoisotopic (exact) mass is 352 g/mol. The molecule has 3 rings (SSSR count). The van der Waals surface area contributed by atoms with E-state index in [0.717, 1.165) is 34.3 Å². The summed E-state index contributed by atoms with van der Waals surface area (Å²) in [4.78, 5) is 9.00. The lowest BCUT2D eigenvalue weighted by molar-refractivity contribution is 1.05. The third kappa shape index (κ3) is 4.48. The van der Waals surface area contributed by atoms with Gasteiger partial charge in [-0.2, -0.15) is 4.98 Å². The number of aromatic nitrogens is 2. The number of nitrogens with zero attached hydrogens (tertiary/aromatic N) is 2. The first-order valence-electron chi connectivity index (χ1n) is 8.18. The summed E-state index contributed by atoms with van der Waals surface area (Å²) in [5, 5.41) is 7.31. The Kier molecular flexibility index (Phi) is 5.19. The molecule has 3 aromatic rings. The molecule has 1 heterocycles. The summed E-state index contributed by atoms with van der Waals surface area (Å²) in [5.41, 5.74) is 5.30. The molecule has 5 heteroatoms. The molecule has 0 radical (unpaired) electrons. The number of aryl methyl sites for hydroxylation is 3. The lowest BCUT2D eigenvalue weighted by Crippen LogP contribution is -2.06. The van der Waals surface area contributed by atoms with Gasteiger partial charge in [0.2, 0.25) is 5.95 Å². The number of rotatable bonds is 5. The topological polar surface area (TPSA) is 49.8 Å². The number of nitrogens with one attached hydrogen (secondary N) is 2. The summed E-state index contributed by atoms with van der Waals surface area (Å²) in [7, 11) is 0. The van der Waals surface area contributed by atoms with E-state index in [9.17, 15) is 0 Å². The van der Waals surface area contributed by atoms with E-state index in [1.54, 1.807) is 0 Å². The van der Waals surface area contributed by atoms with Gasteiger partial charge in [-0.3, -0.25) is 0 Å². The number of hydrogen-bond donors (Lipinski definition) is 2. The van der Waals surface area contributed by atoms with Crippen LogP contribution in [0.2, 0.25) is 5.02 Å².